The van der Waals surface area contributed by atoms with Gasteiger partial charge in [0.15, 0.2) is 0 Å². The molecule has 0 radical (unpaired) electrons. The monoisotopic (exact) mass is 210 g/mol. The summed E-state index contributed by atoms with van der Waals surface area (Å²) in [6.45, 7) is 0. The summed E-state index contributed by atoms with van der Waals surface area (Å²) in [6, 6.07) is 3.56. The summed E-state index contributed by atoms with van der Waals surface area (Å²) in [4.78, 5) is 15.0. The van der Waals surface area contributed by atoms with E-state index in [0.29, 0.717) is 11.6 Å². The number of nitrogen functional groups attached to an aromatic ring is 1. The van der Waals surface area contributed by atoms with Crippen LogP contribution in [0.4, 0.5) is 5.82 Å². The van der Waals surface area contributed by atoms with Crippen LogP contribution >= 0.6 is 11.8 Å². The highest BCUT2D eigenvalue weighted by Crippen LogP contribution is 2.16. The SMILES string of the molecule is Nc1ccc(SCC=CC(=O)O)cn1. The van der Waals surface area contributed by atoms with Crippen molar-refractivity contribution in [3.63, 3.8) is 0 Å². The number of hydrogen-bond donors (Lipinski definition) is 2. The van der Waals surface area contributed by atoms with Crippen molar-refractivity contribution in [3.8, 4) is 0 Å². The normalized spacial score (nSPS) is 10.6. The molecule has 1 aromatic heterocycles. The molecule has 0 spiro atoms. The maximum Gasteiger partial charge on any atom is 0.328 e. The third kappa shape index (κ3) is 3.95. The van der Waals surface area contributed by atoms with Crippen molar-refractivity contribution in [2.24, 2.45) is 0 Å². The number of hydrogen-bond acceptors (Lipinski definition) is 4. The molecular weight excluding hydrogens is 200 g/mol. The van der Waals surface area contributed by atoms with Gasteiger partial charge < -0.3 is 10.8 Å². The summed E-state index contributed by atoms with van der Waals surface area (Å²) >= 11 is 1.50. The van der Waals surface area contributed by atoms with Gasteiger partial charge in [-0.05, 0) is 12.1 Å². The smallest absolute Gasteiger partial charge is 0.328 e. The predicted molar refractivity (Wildman–Crippen MR) is 56.1 cm³/mol. The number of aromatic nitrogens is 1. The number of nitrogens with zero attached hydrogens (tertiary/aromatic N) is 1. The van der Waals surface area contributed by atoms with Gasteiger partial charge in [0.25, 0.3) is 0 Å². The van der Waals surface area contributed by atoms with Crippen LogP contribution in [0.5, 0.6) is 0 Å². The standard InChI is InChI=1S/C9H10N2O2S/c10-8-4-3-7(6-11-8)14-5-1-2-9(12)13/h1-4,6H,5H2,(H2,10,11)(H,12,13). The number of rotatable bonds is 4. The van der Waals surface area contributed by atoms with Crippen molar-refractivity contribution in [2.45, 2.75) is 4.90 Å². The van der Waals surface area contributed by atoms with Crippen LogP contribution in [0, 0.1) is 0 Å². The Balaban J connectivity index is 2.39. The largest absolute Gasteiger partial charge is 0.478 e. The van der Waals surface area contributed by atoms with Crippen LogP contribution in [0.2, 0.25) is 0 Å². The number of anilines is 1. The topological polar surface area (TPSA) is 76.2 Å². The van der Waals surface area contributed by atoms with Gasteiger partial charge in [0.05, 0.1) is 0 Å². The Hall–Kier alpha value is -1.49. The number of aliphatic carboxylic acids is 1. The quantitative estimate of drug-likeness (QED) is 0.580. The molecule has 1 heterocycles. The van der Waals surface area contributed by atoms with Crippen LogP contribution in [0.25, 0.3) is 0 Å². The van der Waals surface area contributed by atoms with E-state index >= 15 is 0 Å². The van der Waals surface area contributed by atoms with E-state index < -0.39 is 5.97 Å². The van der Waals surface area contributed by atoms with Crippen LogP contribution in [0.3, 0.4) is 0 Å². The molecule has 0 aliphatic carbocycles. The number of carboxylic acid groups (broad SMARTS) is 1. The Kier molecular flexibility index (Phi) is 4.00. The fourth-order valence-electron chi connectivity index (χ4n) is 0.770. The third-order valence-corrected chi connectivity index (χ3v) is 2.30. The summed E-state index contributed by atoms with van der Waals surface area (Å²) in [5.41, 5.74) is 5.41. The van der Waals surface area contributed by atoms with Crippen molar-refractivity contribution >= 4 is 23.5 Å². The Morgan fingerprint density at radius 3 is 3.00 bits per heavy atom. The summed E-state index contributed by atoms with van der Waals surface area (Å²) in [7, 11) is 0. The van der Waals surface area contributed by atoms with Gasteiger partial charge in [0, 0.05) is 22.9 Å². The van der Waals surface area contributed by atoms with E-state index in [4.69, 9.17) is 10.8 Å². The van der Waals surface area contributed by atoms with Gasteiger partial charge in [-0.25, -0.2) is 9.78 Å². The van der Waals surface area contributed by atoms with Crippen molar-refractivity contribution in [1.82, 2.24) is 4.98 Å². The molecule has 4 nitrogen and oxygen atoms in total. The first kappa shape index (κ1) is 10.6. The minimum Gasteiger partial charge on any atom is -0.478 e. The highest BCUT2D eigenvalue weighted by atomic mass is 32.2. The fourth-order valence-corrected chi connectivity index (χ4v) is 1.45. The van der Waals surface area contributed by atoms with E-state index in [1.54, 1.807) is 18.3 Å². The minimum atomic E-state index is -0.930. The first-order valence-electron chi connectivity index (χ1n) is 3.92. The molecule has 5 heteroatoms. The second kappa shape index (κ2) is 5.29. The zero-order chi connectivity index (χ0) is 10.4. The van der Waals surface area contributed by atoms with Crippen LogP contribution in [0.15, 0.2) is 35.4 Å². The van der Waals surface area contributed by atoms with Crippen LogP contribution in [-0.2, 0) is 4.79 Å². The minimum absolute atomic E-state index is 0.482. The van der Waals surface area contributed by atoms with Gasteiger partial charge in [0.2, 0.25) is 0 Å². The second-order valence-electron chi connectivity index (χ2n) is 2.47. The van der Waals surface area contributed by atoms with Crippen LogP contribution in [-0.4, -0.2) is 21.8 Å². The zero-order valence-electron chi connectivity index (χ0n) is 7.38. The van der Waals surface area contributed by atoms with Crippen molar-refractivity contribution < 1.29 is 9.90 Å². The number of carbonyl (C=O) groups is 1. The molecule has 0 saturated carbocycles. The first-order chi connectivity index (χ1) is 6.68. The van der Waals surface area contributed by atoms with E-state index in [-0.39, 0.29) is 0 Å². The lowest BCUT2D eigenvalue weighted by Gasteiger charge is -1.97. The van der Waals surface area contributed by atoms with E-state index in [1.807, 2.05) is 6.07 Å². The van der Waals surface area contributed by atoms with E-state index in [2.05, 4.69) is 4.98 Å². The predicted octanol–water partition coefficient (Wildman–Crippen LogP) is 1.40. The Morgan fingerprint density at radius 2 is 2.43 bits per heavy atom. The van der Waals surface area contributed by atoms with Crippen molar-refractivity contribution in [2.75, 3.05) is 11.5 Å². The van der Waals surface area contributed by atoms with Crippen molar-refractivity contribution in [1.29, 1.82) is 0 Å². The Bertz CT molecular complexity index is 335. The second-order valence-corrected chi connectivity index (χ2v) is 3.56. The Labute approximate surface area is 85.8 Å². The summed E-state index contributed by atoms with van der Waals surface area (Å²) in [6.07, 6.45) is 4.37. The van der Waals surface area contributed by atoms with Crippen molar-refractivity contribution in [3.05, 3.63) is 30.5 Å². The summed E-state index contributed by atoms with van der Waals surface area (Å²) < 4.78 is 0. The molecule has 74 valence electrons. The molecule has 0 aliphatic rings. The van der Waals surface area contributed by atoms with Gasteiger partial charge >= 0.3 is 5.97 Å². The molecule has 1 rings (SSSR count). The maximum atomic E-state index is 10.1. The number of thioether (sulfide) groups is 1. The number of pyridine rings is 1. The molecule has 0 aliphatic heterocycles. The lowest BCUT2D eigenvalue weighted by atomic mass is 10.5. The average molecular weight is 210 g/mol. The maximum absolute atomic E-state index is 10.1. The lowest BCUT2D eigenvalue weighted by molar-refractivity contribution is -0.131. The molecule has 0 bridgehead atoms. The highest BCUT2D eigenvalue weighted by molar-refractivity contribution is 7.99. The molecular formula is C9H10N2O2S. The summed E-state index contributed by atoms with van der Waals surface area (Å²) in [5, 5.41) is 8.32. The number of nitrogens with two attached hydrogens (primary N) is 1. The fraction of sp³-hybridized carbons (Fsp3) is 0.111. The van der Waals surface area contributed by atoms with E-state index in [9.17, 15) is 4.79 Å². The molecule has 0 amide bonds. The van der Waals surface area contributed by atoms with E-state index in [0.717, 1.165) is 11.0 Å². The summed E-state index contributed by atoms with van der Waals surface area (Å²) in [5.74, 6) is 0.161. The molecule has 1 aromatic rings. The first-order valence-corrected chi connectivity index (χ1v) is 4.91. The van der Waals surface area contributed by atoms with Gasteiger partial charge in [0.1, 0.15) is 5.82 Å². The molecule has 0 unspecified atom stereocenters. The van der Waals surface area contributed by atoms with Gasteiger partial charge in [-0.1, -0.05) is 6.08 Å². The molecule has 0 saturated heterocycles. The van der Waals surface area contributed by atoms with Gasteiger partial charge in [-0.15, -0.1) is 11.8 Å². The molecule has 3 N–H and O–H groups in total. The third-order valence-electron chi connectivity index (χ3n) is 1.37. The molecule has 0 atom stereocenters. The zero-order valence-corrected chi connectivity index (χ0v) is 8.20. The molecule has 0 fully saturated rings. The Morgan fingerprint density at radius 1 is 1.64 bits per heavy atom. The van der Waals surface area contributed by atoms with E-state index in [1.165, 1.54) is 11.8 Å². The molecule has 14 heavy (non-hydrogen) atoms. The molecule has 0 aromatic carbocycles. The van der Waals surface area contributed by atoms with Crippen LogP contribution < -0.4 is 5.73 Å². The lowest BCUT2D eigenvalue weighted by Crippen LogP contribution is -1.88. The average Bonchev–Trinajstić information content (AvgIpc) is 2.15. The highest BCUT2D eigenvalue weighted by Gasteiger charge is 1.92. The van der Waals surface area contributed by atoms with Gasteiger partial charge in [-0.2, -0.15) is 0 Å². The number of carboxylic acids is 1. The van der Waals surface area contributed by atoms with Crippen LogP contribution in [0.1, 0.15) is 0 Å². The van der Waals surface area contributed by atoms with Gasteiger partial charge in [-0.3, -0.25) is 0 Å².